The van der Waals surface area contributed by atoms with Gasteiger partial charge in [-0.15, -0.1) is 11.3 Å². The Labute approximate surface area is 102 Å². The molecule has 0 aliphatic carbocycles. The Morgan fingerprint density at radius 1 is 1.24 bits per heavy atom. The molecule has 0 saturated carbocycles. The van der Waals surface area contributed by atoms with Gasteiger partial charge in [0, 0.05) is 6.20 Å². The fourth-order valence-corrected chi connectivity index (χ4v) is 2.34. The van der Waals surface area contributed by atoms with Crippen LogP contribution in [0.15, 0.2) is 24.4 Å². The number of thiazole rings is 1. The zero-order valence-electron chi connectivity index (χ0n) is 9.37. The van der Waals surface area contributed by atoms with Gasteiger partial charge in [0.15, 0.2) is 0 Å². The molecule has 0 unspecified atom stereocenters. The molecule has 1 aromatic carbocycles. The molecule has 0 atom stereocenters. The van der Waals surface area contributed by atoms with Gasteiger partial charge in [-0.3, -0.25) is 0 Å². The summed E-state index contributed by atoms with van der Waals surface area (Å²) in [6.45, 7) is 3.20. The van der Waals surface area contributed by atoms with Crippen LogP contribution in [0.3, 0.4) is 0 Å². The summed E-state index contributed by atoms with van der Waals surface area (Å²) in [5.74, 6) is -1.30. The minimum atomic E-state index is -1.06. The van der Waals surface area contributed by atoms with Crippen molar-refractivity contribution in [3.05, 3.63) is 40.9 Å². The van der Waals surface area contributed by atoms with Crippen molar-refractivity contribution in [3.63, 3.8) is 0 Å². The van der Waals surface area contributed by atoms with E-state index in [1.54, 1.807) is 13.8 Å². The molecular formula is C12H11F2NOS. The summed E-state index contributed by atoms with van der Waals surface area (Å²) in [4.78, 5) is 4.52. The van der Waals surface area contributed by atoms with Gasteiger partial charge in [-0.1, -0.05) is 6.07 Å². The van der Waals surface area contributed by atoms with Crippen molar-refractivity contribution >= 4 is 11.3 Å². The third-order valence-electron chi connectivity index (χ3n) is 2.29. The zero-order valence-corrected chi connectivity index (χ0v) is 10.2. The highest BCUT2D eigenvalue weighted by Crippen LogP contribution is 2.33. The number of nitrogens with zero attached hydrogens (tertiary/aromatic N) is 1. The minimum Gasteiger partial charge on any atom is -0.385 e. The highest BCUT2D eigenvalue weighted by atomic mass is 32.1. The predicted molar refractivity (Wildman–Crippen MR) is 62.7 cm³/mol. The van der Waals surface area contributed by atoms with Crippen LogP contribution >= 0.6 is 11.3 Å². The van der Waals surface area contributed by atoms with E-state index >= 15 is 0 Å². The Kier molecular flexibility index (Phi) is 2.97. The van der Waals surface area contributed by atoms with Gasteiger partial charge in [-0.25, -0.2) is 13.8 Å². The van der Waals surface area contributed by atoms with Crippen LogP contribution in [0.5, 0.6) is 0 Å². The van der Waals surface area contributed by atoms with Crippen LogP contribution in [0.2, 0.25) is 0 Å². The maximum atomic E-state index is 13.5. The second-order valence-corrected chi connectivity index (χ2v) is 5.22. The number of aromatic nitrogens is 1. The van der Waals surface area contributed by atoms with Gasteiger partial charge in [-0.05, 0) is 26.0 Å². The molecule has 0 spiro atoms. The summed E-state index contributed by atoms with van der Waals surface area (Å²) >= 11 is 1.08. The molecule has 5 heteroatoms. The molecule has 0 aliphatic rings. The number of aliphatic hydroxyl groups is 1. The number of hydrogen-bond acceptors (Lipinski definition) is 3. The Hall–Kier alpha value is -1.33. The van der Waals surface area contributed by atoms with Crippen LogP contribution in [-0.4, -0.2) is 10.1 Å². The molecule has 2 aromatic rings. The van der Waals surface area contributed by atoms with E-state index in [-0.39, 0.29) is 10.6 Å². The molecule has 0 radical (unpaired) electrons. The van der Waals surface area contributed by atoms with Crippen molar-refractivity contribution in [2.45, 2.75) is 19.4 Å². The monoisotopic (exact) mass is 255 g/mol. The van der Waals surface area contributed by atoms with Crippen molar-refractivity contribution in [2.75, 3.05) is 0 Å². The van der Waals surface area contributed by atoms with Gasteiger partial charge in [0.1, 0.15) is 16.6 Å². The SMILES string of the molecule is CC(C)(O)c1cnc(-c2c(F)cccc2F)s1. The van der Waals surface area contributed by atoms with Crippen LogP contribution in [0.25, 0.3) is 10.6 Å². The fraction of sp³-hybridized carbons (Fsp3) is 0.250. The van der Waals surface area contributed by atoms with E-state index in [1.165, 1.54) is 24.4 Å². The standard InChI is InChI=1S/C12H11F2NOS/c1-12(2,16)9-6-15-11(17-9)10-7(13)4-3-5-8(10)14/h3-6,16H,1-2H3. The summed E-state index contributed by atoms with van der Waals surface area (Å²) in [7, 11) is 0. The summed E-state index contributed by atoms with van der Waals surface area (Å²) < 4.78 is 27.0. The van der Waals surface area contributed by atoms with Crippen LogP contribution in [0.1, 0.15) is 18.7 Å². The first-order valence-electron chi connectivity index (χ1n) is 5.02. The second kappa shape index (κ2) is 4.16. The van der Waals surface area contributed by atoms with Crippen LogP contribution in [-0.2, 0) is 5.60 Å². The van der Waals surface area contributed by atoms with Gasteiger partial charge in [0.25, 0.3) is 0 Å². The first kappa shape index (κ1) is 12.1. The highest BCUT2D eigenvalue weighted by Gasteiger charge is 2.22. The molecule has 0 bridgehead atoms. The van der Waals surface area contributed by atoms with Crippen molar-refractivity contribution < 1.29 is 13.9 Å². The van der Waals surface area contributed by atoms with Gasteiger partial charge in [0.2, 0.25) is 0 Å². The number of hydrogen-bond donors (Lipinski definition) is 1. The highest BCUT2D eigenvalue weighted by molar-refractivity contribution is 7.15. The fourth-order valence-electron chi connectivity index (χ4n) is 1.37. The molecule has 2 nitrogen and oxygen atoms in total. The molecule has 2 rings (SSSR count). The molecule has 0 saturated heterocycles. The molecule has 17 heavy (non-hydrogen) atoms. The Bertz CT molecular complexity index is 525. The molecule has 1 heterocycles. The van der Waals surface area contributed by atoms with E-state index in [2.05, 4.69) is 4.98 Å². The van der Waals surface area contributed by atoms with E-state index in [0.717, 1.165) is 11.3 Å². The summed E-state index contributed by atoms with van der Waals surface area (Å²) in [5, 5.41) is 10.0. The average Bonchev–Trinajstić information content (AvgIpc) is 2.65. The van der Waals surface area contributed by atoms with Crippen molar-refractivity contribution in [1.29, 1.82) is 0 Å². The summed E-state index contributed by atoms with van der Waals surface area (Å²) in [6.07, 6.45) is 1.44. The van der Waals surface area contributed by atoms with Crippen LogP contribution in [0.4, 0.5) is 8.78 Å². The molecule has 1 aromatic heterocycles. The van der Waals surface area contributed by atoms with E-state index < -0.39 is 17.2 Å². The van der Waals surface area contributed by atoms with Crippen molar-refractivity contribution in [2.24, 2.45) is 0 Å². The van der Waals surface area contributed by atoms with Gasteiger partial charge in [-0.2, -0.15) is 0 Å². The molecule has 1 N–H and O–H groups in total. The lowest BCUT2D eigenvalue weighted by Crippen LogP contribution is -2.12. The van der Waals surface area contributed by atoms with Crippen molar-refractivity contribution in [1.82, 2.24) is 4.98 Å². The zero-order chi connectivity index (χ0) is 12.6. The molecule has 0 fully saturated rings. The van der Waals surface area contributed by atoms with E-state index in [0.29, 0.717) is 4.88 Å². The Morgan fingerprint density at radius 3 is 2.29 bits per heavy atom. The largest absolute Gasteiger partial charge is 0.385 e. The predicted octanol–water partition coefficient (Wildman–Crippen LogP) is 3.32. The summed E-state index contributed by atoms with van der Waals surface area (Å²) in [6, 6.07) is 3.67. The van der Waals surface area contributed by atoms with Gasteiger partial charge in [0.05, 0.1) is 16.0 Å². The molecular weight excluding hydrogens is 244 g/mol. The maximum Gasteiger partial charge on any atom is 0.136 e. The van der Waals surface area contributed by atoms with Gasteiger partial charge >= 0.3 is 0 Å². The third kappa shape index (κ3) is 2.35. The number of benzene rings is 1. The topological polar surface area (TPSA) is 33.1 Å². The quantitative estimate of drug-likeness (QED) is 0.893. The van der Waals surface area contributed by atoms with Crippen LogP contribution in [0, 0.1) is 11.6 Å². The first-order valence-corrected chi connectivity index (χ1v) is 5.84. The lowest BCUT2D eigenvalue weighted by molar-refractivity contribution is 0.0823. The van der Waals surface area contributed by atoms with Crippen molar-refractivity contribution in [3.8, 4) is 10.6 Å². The molecule has 0 amide bonds. The third-order valence-corrected chi connectivity index (χ3v) is 3.61. The Balaban J connectivity index is 2.51. The smallest absolute Gasteiger partial charge is 0.136 e. The maximum absolute atomic E-state index is 13.5. The Morgan fingerprint density at radius 2 is 1.82 bits per heavy atom. The number of halogens is 2. The molecule has 0 aliphatic heterocycles. The summed E-state index contributed by atoms with van der Waals surface area (Å²) in [5.41, 5.74) is -1.20. The lowest BCUT2D eigenvalue weighted by atomic mass is 10.1. The second-order valence-electron chi connectivity index (χ2n) is 4.19. The van der Waals surface area contributed by atoms with E-state index in [4.69, 9.17) is 0 Å². The van der Waals surface area contributed by atoms with Crippen LogP contribution < -0.4 is 0 Å². The lowest BCUT2D eigenvalue weighted by Gasteiger charge is -2.13. The normalized spacial score (nSPS) is 11.8. The van der Waals surface area contributed by atoms with E-state index in [9.17, 15) is 13.9 Å². The molecule has 90 valence electrons. The first-order chi connectivity index (χ1) is 7.89. The number of rotatable bonds is 2. The average molecular weight is 255 g/mol. The minimum absolute atomic E-state index is 0.145. The van der Waals surface area contributed by atoms with E-state index in [1.807, 2.05) is 0 Å². The van der Waals surface area contributed by atoms with Gasteiger partial charge < -0.3 is 5.11 Å².